The lowest BCUT2D eigenvalue weighted by Crippen LogP contribution is -2.58. The van der Waals surface area contributed by atoms with E-state index in [9.17, 15) is 19.2 Å². The molecule has 46 heavy (non-hydrogen) atoms. The second-order valence-corrected chi connectivity index (χ2v) is 12.5. The van der Waals surface area contributed by atoms with Crippen LogP contribution in [0.3, 0.4) is 0 Å². The average molecular weight is 637 g/mol. The summed E-state index contributed by atoms with van der Waals surface area (Å²) in [6, 6.07) is 15.2. The summed E-state index contributed by atoms with van der Waals surface area (Å²) in [6.07, 6.45) is 3.53. The first-order chi connectivity index (χ1) is 22.2. The van der Waals surface area contributed by atoms with Crippen LogP contribution in [0.4, 0.5) is 0 Å². The van der Waals surface area contributed by atoms with Gasteiger partial charge in [0.1, 0.15) is 18.1 Å². The summed E-state index contributed by atoms with van der Waals surface area (Å²) in [6.45, 7) is 6.13. The number of ether oxygens (including phenoxy) is 1. The fraction of sp³-hybridized carbons (Fsp3) is 0.543. The normalized spacial score (nSPS) is 16.1. The maximum atomic E-state index is 13.8. The Kier molecular flexibility index (Phi) is 15.7. The predicted octanol–water partition coefficient (Wildman–Crippen LogP) is 1.58. The summed E-state index contributed by atoms with van der Waals surface area (Å²) in [5.41, 5.74) is 13.7. The summed E-state index contributed by atoms with van der Waals surface area (Å²) in [5, 5.41) is 11.6. The fourth-order valence-corrected chi connectivity index (χ4v) is 5.46. The zero-order valence-electron chi connectivity index (χ0n) is 27.2. The molecule has 4 atom stereocenters. The van der Waals surface area contributed by atoms with Crippen molar-refractivity contribution in [2.24, 2.45) is 23.3 Å². The van der Waals surface area contributed by atoms with E-state index in [1.807, 2.05) is 74.5 Å². The molecule has 0 unspecified atom stereocenters. The molecular formula is C35H52N6O5. The van der Waals surface area contributed by atoms with Crippen LogP contribution in [-0.2, 0) is 36.8 Å². The minimum absolute atomic E-state index is 0.0577. The van der Waals surface area contributed by atoms with Crippen molar-refractivity contribution in [3.63, 3.8) is 0 Å². The zero-order valence-corrected chi connectivity index (χ0v) is 27.2. The Morgan fingerprint density at radius 3 is 1.89 bits per heavy atom. The molecule has 1 heterocycles. The van der Waals surface area contributed by atoms with E-state index in [2.05, 4.69) is 21.3 Å². The molecule has 0 radical (unpaired) electrons. The van der Waals surface area contributed by atoms with Crippen LogP contribution in [0.2, 0.25) is 0 Å². The molecule has 0 bridgehead atoms. The molecule has 11 heteroatoms. The van der Waals surface area contributed by atoms with Crippen molar-refractivity contribution < 1.29 is 23.9 Å². The third kappa shape index (κ3) is 12.9. The van der Waals surface area contributed by atoms with Crippen molar-refractivity contribution in [2.75, 3.05) is 26.3 Å². The Balaban J connectivity index is 1.71. The first kappa shape index (κ1) is 36.7. The number of nitrogens with two attached hydrogens (primary N) is 2. The average Bonchev–Trinajstić information content (AvgIpc) is 3.05. The highest BCUT2D eigenvalue weighted by molar-refractivity contribution is 5.95. The zero-order chi connectivity index (χ0) is 33.3. The number of rotatable bonds is 18. The molecule has 2 aromatic carbocycles. The van der Waals surface area contributed by atoms with Crippen LogP contribution in [0, 0.1) is 11.8 Å². The van der Waals surface area contributed by atoms with Gasteiger partial charge in [0.15, 0.2) is 0 Å². The van der Waals surface area contributed by atoms with E-state index >= 15 is 0 Å². The van der Waals surface area contributed by atoms with Gasteiger partial charge in [0.2, 0.25) is 23.6 Å². The molecule has 8 N–H and O–H groups in total. The largest absolute Gasteiger partial charge is 0.381 e. The van der Waals surface area contributed by atoms with E-state index in [-0.39, 0.29) is 18.2 Å². The summed E-state index contributed by atoms with van der Waals surface area (Å²) in [7, 11) is 0. The Morgan fingerprint density at radius 1 is 0.761 bits per heavy atom. The van der Waals surface area contributed by atoms with Gasteiger partial charge in [0.25, 0.3) is 0 Å². The summed E-state index contributed by atoms with van der Waals surface area (Å²) in [5.74, 6) is -1.32. The van der Waals surface area contributed by atoms with Crippen LogP contribution in [0.1, 0.15) is 57.1 Å². The Bertz CT molecular complexity index is 1220. The van der Waals surface area contributed by atoms with Crippen LogP contribution < -0.4 is 32.7 Å². The number of nitrogens with one attached hydrogen (secondary N) is 4. The number of carbonyl (C=O) groups excluding carboxylic acids is 4. The van der Waals surface area contributed by atoms with Crippen LogP contribution in [0.5, 0.6) is 0 Å². The van der Waals surface area contributed by atoms with Gasteiger partial charge >= 0.3 is 0 Å². The first-order valence-electron chi connectivity index (χ1n) is 16.5. The SMILES string of the molecule is CC(C)C[C@@H](NC(=O)[C@@H](Cc1ccccc1)NC(=O)[C@H](N)Cc1ccccc1)C(=O)N[C@H](CCCN)C(=O)NCC1CCOCC1. The van der Waals surface area contributed by atoms with E-state index in [1.165, 1.54) is 0 Å². The molecule has 1 aliphatic rings. The van der Waals surface area contributed by atoms with Crippen molar-refractivity contribution in [1.29, 1.82) is 0 Å². The molecular weight excluding hydrogens is 584 g/mol. The van der Waals surface area contributed by atoms with Gasteiger partial charge in [-0.2, -0.15) is 0 Å². The van der Waals surface area contributed by atoms with Crippen molar-refractivity contribution in [2.45, 2.75) is 83.0 Å². The summed E-state index contributed by atoms with van der Waals surface area (Å²) in [4.78, 5) is 53.8. The van der Waals surface area contributed by atoms with E-state index in [0.717, 1.165) is 24.0 Å². The highest BCUT2D eigenvalue weighted by Crippen LogP contribution is 2.14. The molecule has 0 spiro atoms. The molecule has 0 aliphatic carbocycles. The maximum absolute atomic E-state index is 13.8. The second-order valence-electron chi connectivity index (χ2n) is 12.5. The molecule has 252 valence electrons. The molecule has 1 saturated heterocycles. The van der Waals surface area contributed by atoms with Gasteiger partial charge in [-0.15, -0.1) is 0 Å². The minimum atomic E-state index is -0.977. The van der Waals surface area contributed by atoms with Gasteiger partial charge in [0.05, 0.1) is 6.04 Å². The van der Waals surface area contributed by atoms with Crippen LogP contribution in [0.15, 0.2) is 60.7 Å². The number of hydrogen-bond acceptors (Lipinski definition) is 7. The predicted molar refractivity (Wildman–Crippen MR) is 178 cm³/mol. The van der Waals surface area contributed by atoms with Crippen LogP contribution in [-0.4, -0.2) is 74.1 Å². The molecule has 1 aliphatic heterocycles. The number of hydrogen-bond donors (Lipinski definition) is 6. The topological polar surface area (TPSA) is 178 Å². The quantitative estimate of drug-likeness (QED) is 0.144. The molecule has 3 rings (SSSR count). The Labute approximate surface area is 273 Å². The monoisotopic (exact) mass is 636 g/mol. The fourth-order valence-electron chi connectivity index (χ4n) is 5.46. The molecule has 1 fully saturated rings. The second kappa shape index (κ2) is 19.7. The third-order valence-corrected chi connectivity index (χ3v) is 8.13. The molecule has 2 aromatic rings. The lowest BCUT2D eigenvalue weighted by molar-refractivity contribution is -0.134. The van der Waals surface area contributed by atoms with E-state index < -0.39 is 41.9 Å². The summed E-state index contributed by atoms with van der Waals surface area (Å²) < 4.78 is 5.41. The van der Waals surface area contributed by atoms with Crippen molar-refractivity contribution in [1.82, 2.24) is 21.3 Å². The molecule has 11 nitrogen and oxygen atoms in total. The van der Waals surface area contributed by atoms with E-state index in [0.29, 0.717) is 57.9 Å². The van der Waals surface area contributed by atoms with Crippen LogP contribution >= 0.6 is 0 Å². The number of carbonyl (C=O) groups is 4. The Hall–Kier alpha value is -3.80. The van der Waals surface area contributed by atoms with E-state index in [1.54, 1.807) is 0 Å². The van der Waals surface area contributed by atoms with Crippen molar-refractivity contribution in [3.8, 4) is 0 Å². The molecule has 0 aromatic heterocycles. The lowest BCUT2D eigenvalue weighted by atomic mass is 9.99. The number of amides is 4. The van der Waals surface area contributed by atoms with E-state index in [4.69, 9.17) is 16.2 Å². The molecule has 4 amide bonds. The molecule has 0 saturated carbocycles. The maximum Gasteiger partial charge on any atom is 0.243 e. The summed E-state index contributed by atoms with van der Waals surface area (Å²) >= 11 is 0. The third-order valence-electron chi connectivity index (χ3n) is 8.13. The van der Waals surface area contributed by atoms with Gasteiger partial charge in [0, 0.05) is 26.2 Å². The van der Waals surface area contributed by atoms with Gasteiger partial charge < -0.3 is 37.5 Å². The van der Waals surface area contributed by atoms with Crippen LogP contribution in [0.25, 0.3) is 0 Å². The minimum Gasteiger partial charge on any atom is -0.381 e. The Morgan fingerprint density at radius 2 is 1.30 bits per heavy atom. The van der Waals surface area contributed by atoms with Gasteiger partial charge in [-0.05, 0) is 68.0 Å². The highest BCUT2D eigenvalue weighted by Gasteiger charge is 2.31. The smallest absolute Gasteiger partial charge is 0.243 e. The highest BCUT2D eigenvalue weighted by atomic mass is 16.5. The lowest BCUT2D eigenvalue weighted by Gasteiger charge is -2.27. The number of benzene rings is 2. The van der Waals surface area contributed by atoms with Gasteiger partial charge in [-0.1, -0.05) is 74.5 Å². The van der Waals surface area contributed by atoms with Crippen molar-refractivity contribution >= 4 is 23.6 Å². The van der Waals surface area contributed by atoms with Gasteiger partial charge in [-0.25, -0.2) is 0 Å². The first-order valence-corrected chi connectivity index (χ1v) is 16.5. The van der Waals surface area contributed by atoms with Crippen molar-refractivity contribution in [3.05, 3.63) is 71.8 Å². The van der Waals surface area contributed by atoms with Gasteiger partial charge in [-0.3, -0.25) is 19.2 Å². The standard InChI is InChI=1S/C35H52N6O5/c1-24(2)20-30(34(44)39-29(14-9-17-36)33(43)38-23-27-15-18-46-19-16-27)41-35(45)31(22-26-12-7-4-8-13-26)40-32(42)28(37)21-25-10-5-3-6-11-25/h3-8,10-13,24,27-31H,9,14-23,36-37H2,1-2H3,(H,38,43)(H,39,44)(H,40,42)(H,41,45)/t28-,29-,30-,31-/m1/s1.